The predicted molar refractivity (Wildman–Crippen MR) is 264 cm³/mol. The molecule has 0 saturated carbocycles. The van der Waals surface area contributed by atoms with Crippen molar-refractivity contribution >= 4 is 25.7 Å². The van der Waals surface area contributed by atoms with Gasteiger partial charge in [-0.2, -0.15) is 4.57 Å². The van der Waals surface area contributed by atoms with Gasteiger partial charge in [0.2, 0.25) is 0 Å². The molecule has 0 radical (unpaired) electrons. The first-order chi connectivity index (χ1) is 30.4. The number of carbonyl (C=O) groups excluding carboxylic acids is 3. The van der Waals surface area contributed by atoms with Crippen molar-refractivity contribution in [2.75, 3.05) is 0 Å². The Hall–Kier alpha value is -2.14. The maximum absolute atomic E-state index is 13.6. The Morgan fingerprint density at radius 2 is 0.468 bits per heavy atom. The van der Waals surface area contributed by atoms with Crippen LogP contribution in [0.2, 0.25) is 0 Å². The molecule has 362 valence electrons. The molecule has 0 aromatic heterocycles. The summed E-state index contributed by atoms with van der Waals surface area (Å²) >= 11 is 0. The van der Waals surface area contributed by atoms with Crippen LogP contribution in [-0.2, 0) is 32.5 Å². The molecule has 0 heterocycles. The van der Waals surface area contributed by atoms with Crippen LogP contribution in [0.1, 0.15) is 290 Å². The van der Waals surface area contributed by atoms with Crippen LogP contribution in [0.15, 0.2) is 36.5 Å². The van der Waals surface area contributed by atoms with Gasteiger partial charge in [-0.25, -0.2) is 0 Å². The zero-order valence-corrected chi connectivity index (χ0v) is 41.9. The SMILES string of the molecule is CCCCCCCCC=CCCCCCCCC(=O)OP(=O)(OC(=O)CCCCCCCC=CCCCCCCCC)OC(=O)CCCCCCCC=CCCCCCCCC. The number of carbonyl (C=O) groups is 3. The van der Waals surface area contributed by atoms with Crippen LogP contribution in [-0.4, -0.2) is 17.9 Å². The van der Waals surface area contributed by atoms with Crippen LogP contribution in [0, 0.1) is 0 Å². The summed E-state index contributed by atoms with van der Waals surface area (Å²) in [6.07, 6.45) is 58.2. The molecular weight excluding hydrogens is 792 g/mol. The van der Waals surface area contributed by atoms with E-state index < -0.39 is 25.7 Å². The summed E-state index contributed by atoms with van der Waals surface area (Å²) in [7, 11) is -4.73. The van der Waals surface area contributed by atoms with E-state index in [0.717, 1.165) is 116 Å². The molecule has 0 fully saturated rings. The number of allylic oxidation sites excluding steroid dienone is 6. The first-order valence-electron chi connectivity index (χ1n) is 26.6. The topological polar surface area (TPSA) is 96.0 Å². The predicted octanol–water partition coefficient (Wildman–Crippen LogP) is 18.8. The van der Waals surface area contributed by atoms with Crippen LogP contribution in [0.25, 0.3) is 0 Å². The Morgan fingerprint density at radius 1 is 0.290 bits per heavy atom. The van der Waals surface area contributed by atoms with Crippen molar-refractivity contribution in [2.45, 2.75) is 290 Å². The third kappa shape index (κ3) is 45.9. The van der Waals surface area contributed by atoms with Gasteiger partial charge in [0, 0.05) is 19.3 Å². The second-order valence-electron chi connectivity index (χ2n) is 17.8. The molecule has 0 spiro atoms. The van der Waals surface area contributed by atoms with E-state index in [1.165, 1.54) is 116 Å². The van der Waals surface area contributed by atoms with E-state index in [1.807, 2.05) is 0 Å². The summed E-state index contributed by atoms with van der Waals surface area (Å²) in [4.78, 5) is 38.3. The lowest BCUT2D eigenvalue weighted by Gasteiger charge is -2.16. The minimum atomic E-state index is -4.73. The van der Waals surface area contributed by atoms with Gasteiger partial charge in [0.15, 0.2) is 0 Å². The average Bonchev–Trinajstić information content (AvgIpc) is 3.24. The third-order valence-corrected chi connectivity index (χ3v) is 12.9. The normalized spacial score (nSPS) is 12.8. The van der Waals surface area contributed by atoms with E-state index in [9.17, 15) is 18.9 Å². The highest BCUT2D eigenvalue weighted by Gasteiger charge is 2.39. The van der Waals surface area contributed by atoms with Crippen molar-refractivity contribution in [3.8, 4) is 0 Å². The van der Waals surface area contributed by atoms with Crippen molar-refractivity contribution in [2.24, 2.45) is 0 Å². The molecule has 0 aromatic carbocycles. The molecule has 0 rings (SSSR count). The standard InChI is InChI=1S/C54H99O7P/c1-4-7-10-13-16-19-22-25-28-31-34-37-40-43-46-49-52(55)59-62(58,60-53(56)50-47-44-41-38-35-32-29-26-23-20-17-14-11-8-5-2)61-54(57)51-48-45-42-39-36-33-30-27-24-21-18-15-12-9-6-3/h25-30H,4-24,31-51H2,1-3H3. The van der Waals surface area contributed by atoms with Crippen molar-refractivity contribution in [3.05, 3.63) is 36.5 Å². The minimum Gasteiger partial charge on any atom is -0.352 e. The quantitative estimate of drug-likeness (QED) is 0.0341. The van der Waals surface area contributed by atoms with Crippen LogP contribution < -0.4 is 0 Å². The monoisotopic (exact) mass is 891 g/mol. The molecule has 0 aliphatic carbocycles. The average molecular weight is 891 g/mol. The molecule has 0 aliphatic rings. The van der Waals surface area contributed by atoms with Crippen molar-refractivity contribution in [1.29, 1.82) is 0 Å². The van der Waals surface area contributed by atoms with Gasteiger partial charge in [0.05, 0.1) is 0 Å². The number of phosphoric acid groups is 1. The zero-order valence-electron chi connectivity index (χ0n) is 41.0. The number of hydrogen-bond acceptors (Lipinski definition) is 7. The van der Waals surface area contributed by atoms with Crippen LogP contribution in [0.4, 0.5) is 0 Å². The molecule has 0 unspecified atom stereocenters. The smallest absolute Gasteiger partial charge is 0.352 e. The van der Waals surface area contributed by atoms with Crippen LogP contribution >= 0.6 is 7.82 Å². The molecule has 8 heteroatoms. The molecule has 0 N–H and O–H groups in total. The van der Waals surface area contributed by atoms with Gasteiger partial charge >= 0.3 is 25.7 Å². The molecule has 62 heavy (non-hydrogen) atoms. The van der Waals surface area contributed by atoms with E-state index in [2.05, 4.69) is 57.2 Å². The minimum absolute atomic E-state index is 0.0275. The van der Waals surface area contributed by atoms with E-state index in [-0.39, 0.29) is 19.3 Å². The fourth-order valence-electron chi connectivity index (χ4n) is 7.59. The summed E-state index contributed by atoms with van der Waals surface area (Å²) < 4.78 is 29.1. The van der Waals surface area contributed by atoms with Gasteiger partial charge in [-0.15, -0.1) is 0 Å². The first-order valence-corrected chi connectivity index (χ1v) is 28.0. The Labute approximate surface area is 383 Å². The Bertz CT molecular complexity index is 1010. The van der Waals surface area contributed by atoms with E-state index >= 15 is 0 Å². The van der Waals surface area contributed by atoms with Gasteiger partial charge in [-0.05, 0) is 96.3 Å². The molecule has 0 aliphatic heterocycles. The molecular formula is C54H99O7P. The maximum atomic E-state index is 13.6. The van der Waals surface area contributed by atoms with Gasteiger partial charge < -0.3 is 13.6 Å². The van der Waals surface area contributed by atoms with Crippen molar-refractivity contribution in [3.63, 3.8) is 0 Å². The number of rotatable bonds is 48. The van der Waals surface area contributed by atoms with Crippen LogP contribution in [0.5, 0.6) is 0 Å². The lowest BCUT2D eigenvalue weighted by atomic mass is 10.1. The number of phosphoric ester groups is 1. The van der Waals surface area contributed by atoms with Gasteiger partial charge in [0.1, 0.15) is 0 Å². The van der Waals surface area contributed by atoms with Gasteiger partial charge in [-0.1, -0.05) is 211 Å². The second kappa shape index (κ2) is 48.3. The Morgan fingerprint density at radius 3 is 0.677 bits per heavy atom. The number of unbranched alkanes of at least 4 members (excludes halogenated alkanes) is 33. The largest absolute Gasteiger partial charge is 0.653 e. The molecule has 0 saturated heterocycles. The molecule has 0 amide bonds. The highest BCUT2D eigenvalue weighted by molar-refractivity contribution is 7.50. The molecule has 7 nitrogen and oxygen atoms in total. The maximum Gasteiger partial charge on any atom is 0.653 e. The summed E-state index contributed by atoms with van der Waals surface area (Å²) in [6, 6.07) is 0. The summed E-state index contributed by atoms with van der Waals surface area (Å²) in [5, 5.41) is 0. The summed E-state index contributed by atoms with van der Waals surface area (Å²) in [5.41, 5.74) is 0. The van der Waals surface area contributed by atoms with E-state index in [4.69, 9.17) is 13.6 Å². The number of hydrogen-bond donors (Lipinski definition) is 0. The van der Waals surface area contributed by atoms with Gasteiger partial charge in [0.25, 0.3) is 0 Å². The third-order valence-electron chi connectivity index (χ3n) is 11.6. The van der Waals surface area contributed by atoms with E-state index in [0.29, 0.717) is 19.3 Å². The summed E-state index contributed by atoms with van der Waals surface area (Å²) in [5.74, 6) is -2.31. The highest BCUT2D eigenvalue weighted by Crippen LogP contribution is 2.51. The van der Waals surface area contributed by atoms with Crippen molar-refractivity contribution < 1.29 is 32.5 Å². The van der Waals surface area contributed by atoms with Crippen LogP contribution in [0.3, 0.4) is 0 Å². The fraction of sp³-hybridized carbons (Fsp3) is 0.833. The zero-order chi connectivity index (χ0) is 45.3. The highest BCUT2D eigenvalue weighted by atomic mass is 31.2. The second-order valence-corrected chi connectivity index (χ2v) is 19.3. The van der Waals surface area contributed by atoms with Crippen molar-refractivity contribution in [1.82, 2.24) is 0 Å². The molecule has 0 bridgehead atoms. The lowest BCUT2D eigenvalue weighted by molar-refractivity contribution is -0.144. The molecule has 0 aromatic rings. The van der Waals surface area contributed by atoms with Gasteiger partial charge in [-0.3, -0.25) is 14.4 Å². The molecule has 0 atom stereocenters. The Balaban J connectivity index is 4.56. The Kier molecular flexibility index (Phi) is 46.7. The first kappa shape index (κ1) is 59.9. The van der Waals surface area contributed by atoms with E-state index in [1.54, 1.807) is 0 Å². The fourth-order valence-corrected chi connectivity index (χ4v) is 8.72. The summed E-state index contributed by atoms with van der Waals surface area (Å²) in [6.45, 7) is 6.75. The lowest BCUT2D eigenvalue weighted by Crippen LogP contribution is -2.14.